The molecular formula is C43H42N4O2. The Morgan fingerprint density at radius 1 is 0.510 bits per heavy atom. The third-order valence-corrected chi connectivity index (χ3v) is 10.3. The van der Waals surface area contributed by atoms with E-state index in [4.69, 9.17) is 9.97 Å². The van der Waals surface area contributed by atoms with Gasteiger partial charge in [0, 0.05) is 61.2 Å². The van der Waals surface area contributed by atoms with Crippen molar-refractivity contribution >= 4 is 21.8 Å². The SMILES string of the molecule is CC(C)(C)c1cc2c(O)c(c1)-c1ccc([nH]1)C(C)(C)c1ccc([nH]1)-c1cc(C(C)(C)C)cc(c1O)-c1ccc3ccc4ccc-2nc4c3n1. The number of hydrogen-bond donors (Lipinski definition) is 4. The van der Waals surface area contributed by atoms with E-state index < -0.39 is 5.41 Å². The summed E-state index contributed by atoms with van der Waals surface area (Å²) in [6.45, 7) is 17.4. The lowest BCUT2D eigenvalue weighted by molar-refractivity contribution is 0.477. The Hall–Kier alpha value is -5.36. The summed E-state index contributed by atoms with van der Waals surface area (Å²) in [5, 5.41) is 25.9. The molecule has 0 fully saturated rings. The topological polar surface area (TPSA) is 97.8 Å². The van der Waals surface area contributed by atoms with Gasteiger partial charge in [-0.1, -0.05) is 65.8 Å². The minimum atomic E-state index is -0.444. The number of pyridine rings is 2. The molecule has 8 rings (SSSR count). The first-order chi connectivity index (χ1) is 23.1. The second-order valence-electron chi connectivity index (χ2n) is 16.1. The van der Waals surface area contributed by atoms with Crippen LogP contribution in [-0.4, -0.2) is 30.1 Å². The molecule has 4 aromatic heterocycles. The van der Waals surface area contributed by atoms with E-state index in [1.807, 2.05) is 36.4 Å². The largest absolute Gasteiger partial charge is 0.507 e. The molecule has 0 unspecified atom stereocenters. The van der Waals surface area contributed by atoms with Gasteiger partial charge in [-0.05, 0) is 96.5 Å². The molecule has 0 amide bonds. The molecular weight excluding hydrogens is 604 g/mol. The summed E-state index contributed by atoms with van der Waals surface area (Å²) in [5.41, 5.74) is 10.6. The highest BCUT2D eigenvalue weighted by Gasteiger charge is 2.30. The predicted molar refractivity (Wildman–Crippen MR) is 200 cm³/mol. The Bertz CT molecular complexity index is 2290. The number of hydrogen-bond acceptors (Lipinski definition) is 4. The summed E-state index contributed by atoms with van der Waals surface area (Å²) in [5.74, 6) is 0.353. The first kappa shape index (κ1) is 30.9. The Balaban J connectivity index is 1.50. The molecule has 6 heteroatoms. The molecule has 3 aromatic carbocycles. The van der Waals surface area contributed by atoms with Crippen LogP contribution in [0.15, 0.2) is 84.9 Å². The molecule has 0 saturated heterocycles. The molecule has 0 atom stereocenters. The molecule has 4 N–H and O–H groups in total. The van der Waals surface area contributed by atoms with E-state index >= 15 is 0 Å². The number of aromatic amines is 2. The van der Waals surface area contributed by atoms with Crippen molar-refractivity contribution in [2.75, 3.05) is 0 Å². The van der Waals surface area contributed by atoms with Gasteiger partial charge in [-0.3, -0.25) is 0 Å². The van der Waals surface area contributed by atoms with Crippen LogP contribution in [0.2, 0.25) is 0 Å². The number of phenols is 2. The van der Waals surface area contributed by atoms with E-state index in [1.165, 1.54) is 0 Å². The highest BCUT2D eigenvalue weighted by atomic mass is 16.3. The maximum atomic E-state index is 12.0. The van der Waals surface area contributed by atoms with Gasteiger partial charge in [-0.2, -0.15) is 0 Å². The van der Waals surface area contributed by atoms with Crippen LogP contribution in [0.5, 0.6) is 11.5 Å². The fourth-order valence-electron chi connectivity index (χ4n) is 6.98. The van der Waals surface area contributed by atoms with Gasteiger partial charge in [0.05, 0.1) is 22.4 Å². The summed E-state index contributed by atoms with van der Waals surface area (Å²) in [6.07, 6.45) is 0. The molecule has 49 heavy (non-hydrogen) atoms. The number of fused-ring (bicyclic) bond motifs is 14. The molecule has 1 aliphatic heterocycles. The lowest BCUT2D eigenvalue weighted by atomic mass is 9.83. The van der Waals surface area contributed by atoms with Gasteiger partial charge in [0.1, 0.15) is 11.5 Å². The van der Waals surface area contributed by atoms with Crippen molar-refractivity contribution in [3.8, 4) is 56.5 Å². The molecule has 0 spiro atoms. The first-order valence-electron chi connectivity index (χ1n) is 17.0. The molecule has 12 bridgehead atoms. The Kier molecular flexibility index (Phi) is 6.52. The summed E-state index contributed by atoms with van der Waals surface area (Å²) >= 11 is 0. The van der Waals surface area contributed by atoms with Crippen molar-refractivity contribution in [3.63, 3.8) is 0 Å². The third-order valence-electron chi connectivity index (χ3n) is 10.3. The molecule has 0 radical (unpaired) electrons. The Labute approximate surface area is 286 Å². The van der Waals surface area contributed by atoms with Crippen molar-refractivity contribution < 1.29 is 10.2 Å². The maximum absolute atomic E-state index is 12.0. The van der Waals surface area contributed by atoms with E-state index in [-0.39, 0.29) is 22.3 Å². The summed E-state index contributed by atoms with van der Waals surface area (Å²) in [7, 11) is 0. The van der Waals surface area contributed by atoms with E-state index in [0.717, 1.165) is 66.8 Å². The third kappa shape index (κ3) is 4.92. The van der Waals surface area contributed by atoms with Gasteiger partial charge in [0.2, 0.25) is 0 Å². The number of benzene rings is 3. The lowest BCUT2D eigenvalue weighted by Crippen LogP contribution is -2.20. The number of H-pyrrole nitrogens is 2. The quantitative estimate of drug-likeness (QED) is 0.123. The smallest absolute Gasteiger partial charge is 0.134 e. The number of nitrogens with zero attached hydrogens (tertiary/aromatic N) is 2. The van der Waals surface area contributed by atoms with Gasteiger partial charge in [0.25, 0.3) is 0 Å². The highest BCUT2D eigenvalue weighted by molar-refractivity contribution is 6.04. The van der Waals surface area contributed by atoms with Crippen molar-refractivity contribution in [2.45, 2.75) is 71.6 Å². The normalized spacial score (nSPS) is 14.0. The average Bonchev–Trinajstić information content (AvgIpc) is 3.75. The molecule has 7 aromatic rings. The zero-order valence-corrected chi connectivity index (χ0v) is 29.4. The zero-order valence-electron chi connectivity index (χ0n) is 29.4. The van der Waals surface area contributed by atoms with Crippen LogP contribution in [0.1, 0.15) is 77.9 Å². The number of nitrogens with one attached hydrogen (secondary N) is 2. The Morgan fingerprint density at radius 2 is 0.878 bits per heavy atom. The summed E-state index contributed by atoms with van der Waals surface area (Å²) in [4.78, 5) is 17.7. The fraction of sp³-hybridized carbons (Fsp3) is 0.256. The number of rotatable bonds is 0. The van der Waals surface area contributed by atoms with Gasteiger partial charge < -0.3 is 20.2 Å². The van der Waals surface area contributed by atoms with E-state index in [9.17, 15) is 10.2 Å². The van der Waals surface area contributed by atoms with Crippen LogP contribution in [0.25, 0.3) is 66.8 Å². The van der Waals surface area contributed by atoms with Crippen LogP contribution in [0.3, 0.4) is 0 Å². The van der Waals surface area contributed by atoms with Gasteiger partial charge in [-0.25, -0.2) is 9.97 Å². The molecule has 0 aliphatic carbocycles. The summed E-state index contributed by atoms with van der Waals surface area (Å²) in [6, 6.07) is 28.7. The molecule has 5 heterocycles. The average molecular weight is 647 g/mol. The predicted octanol–water partition coefficient (Wildman–Crippen LogP) is 10.8. The lowest BCUT2D eigenvalue weighted by Gasteiger charge is -2.24. The second-order valence-corrected chi connectivity index (χ2v) is 16.1. The molecule has 246 valence electrons. The van der Waals surface area contributed by atoms with Gasteiger partial charge in [-0.15, -0.1) is 0 Å². The standard InChI is InChI=1S/C43H42N4O2/c1-41(2,3)25-19-27-31-15-17-35(44-31)43(7,8)36-18-16-32(45-36)28-20-26(42(4,5)6)22-30(40(28)49)34-14-12-24-10-9-23-11-13-33(29(21-25)39(27)48)46-37(23)38(24)47-34/h9-22,44-45,48-49H,1-8H3. The second kappa shape index (κ2) is 10.3. The summed E-state index contributed by atoms with van der Waals surface area (Å²) < 4.78 is 0. The number of aromatic hydroxyl groups is 2. The Morgan fingerprint density at radius 3 is 1.27 bits per heavy atom. The molecule has 6 nitrogen and oxygen atoms in total. The van der Waals surface area contributed by atoms with E-state index in [0.29, 0.717) is 22.5 Å². The highest BCUT2D eigenvalue weighted by Crippen LogP contribution is 2.45. The van der Waals surface area contributed by atoms with Crippen molar-refractivity contribution in [3.05, 3.63) is 107 Å². The minimum Gasteiger partial charge on any atom is -0.507 e. The maximum Gasteiger partial charge on any atom is 0.134 e. The minimum absolute atomic E-state index is 0.177. The van der Waals surface area contributed by atoms with E-state index in [2.05, 4.69) is 114 Å². The fourth-order valence-corrected chi connectivity index (χ4v) is 6.98. The van der Waals surface area contributed by atoms with E-state index in [1.54, 1.807) is 0 Å². The van der Waals surface area contributed by atoms with Crippen LogP contribution in [-0.2, 0) is 16.2 Å². The molecule has 0 saturated carbocycles. The van der Waals surface area contributed by atoms with Gasteiger partial charge in [0.15, 0.2) is 0 Å². The van der Waals surface area contributed by atoms with Crippen LogP contribution in [0.4, 0.5) is 0 Å². The van der Waals surface area contributed by atoms with Crippen LogP contribution in [0, 0.1) is 0 Å². The number of aromatic nitrogens is 4. The van der Waals surface area contributed by atoms with Crippen LogP contribution >= 0.6 is 0 Å². The zero-order chi connectivity index (χ0) is 34.6. The first-order valence-corrected chi connectivity index (χ1v) is 17.0. The molecule has 1 aliphatic rings. The number of phenolic OH excluding ortho intramolecular Hbond substituents is 2. The monoisotopic (exact) mass is 646 g/mol. The van der Waals surface area contributed by atoms with Crippen LogP contribution < -0.4 is 0 Å². The van der Waals surface area contributed by atoms with Crippen molar-refractivity contribution in [2.24, 2.45) is 0 Å². The van der Waals surface area contributed by atoms with Crippen molar-refractivity contribution in [1.82, 2.24) is 19.9 Å². The van der Waals surface area contributed by atoms with Gasteiger partial charge >= 0.3 is 0 Å². The van der Waals surface area contributed by atoms with Crippen molar-refractivity contribution in [1.29, 1.82) is 0 Å².